The number of nitrogens with zero attached hydrogens (tertiary/aromatic N) is 2. The minimum atomic E-state index is -1.00. The molecule has 19 heavy (non-hydrogen) atoms. The molecule has 2 heterocycles. The van der Waals surface area contributed by atoms with E-state index in [1.54, 1.807) is 12.1 Å². The van der Waals surface area contributed by atoms with Crippen molar-refractivity contribution in [3.63, 3.8) is 0 Å². The van der Waals surface area contributed by atoms with Crippen molar-refractivity contribution in [2.24, 2.45) is 0 Å². The van der Waals surface area contributed by atoms with E-state index in [9.17, 15) is 4.79 Å². The van der Waals surface area contributed by atoms with Crippen LogP contribution in [0.25, 0.3) is 0 Å². The first kappa shape index (κ1) is 13.8. The van der Waals surface area contributed by atoms with E-state index in [0.29, 0.717) is 5.69 Å². The maximum atomic E-state index is 11.0. The fourth-order valence-electron chi connectivity index (χ4n) is 2.07. The Bertz CT molecular complexity index is 419. The first-order valence-electron chi connectivity index (χ1n) is 6.49. The monoisotopic (exact) mass is 265 g/mol. The molecule has 1 saturated heterocycles. The molecule has 0 bridgehead atoms. The van der Waals surface area contributed by atoms with Crippen LogP contribution in [0.15, 0.2) is 18.3 Å². The van der Waals surface area contributed by atoms with Crippen LogP contribution in [0, 0.1) is 0 Å². The zero-order valence-electron chi connectivity index (χ0n) is 10.8. The number of anilines is 1. The van der Waals surface area contributed by atoms with Gasteiger partial charge in [0.25, 0.3) is 0 Å². The number of rotatable bonds is 6. The predicted octanol–water partition coefficient (Wildman–Crippen LogP) is 0.914. The third-order valence-corrected chi connectivity index (χ3v) is 3.08. The molecule has 1 aromatic rings. The predicted molar refractivity (Wildman–Crippen MR) is 71.6 cm³/mol. The second-order valence-electron chi connectivity index (χ2n) is 4.44. The third-order valence-electron chi connectivity index (χ3n) is 3.08. The molecule has 1 aliphatic heterocycles. The van der Waals surface area contributed by atoms with Crippen molar-refractivity contribution >= 4 is 11.7 Å². The zero-order valence-corrected chi connectivity index (χ0v) is 10.8. The molecule has 104 valence electrons. The maximum Gasteiger partial charge on any atom is 0.356 e. The van der Waals surface area contributed by atoms with Gasteiger partial charge in [-0.2, -0.15) is 0 Å². The van der Waals surface area contributed by atoms with E-state index >= 15 is 0 Å². The first-order valence-corrected chi connectivity index (χ1v) is 6.49. The number of ether oxygens (including phenoxy) is 1. The SMILES string of the molecule is O=C(O)c1ncccc1NCCCN1CCOCC1. The van der Waals surface area contributed by atoms with E-state index in [0.717, 1.165) is 45.8 Å². The molecule has 0 aliphatic carbocycles. The molecular weight excluding hydrogens is 246 g/mol. The Kier molecular flexibility index (Phi) is 5.11. The minimum absolute atomic E-state index is 0.0777. The molecule has 6 nitrogen and oxygen atoms in total. The smallest absolute Gasteiger partial charge is 0.356 e. The van der Waals surface area contributed by atoms with Crippen LogP contribution < -0.4 is 5.32 Å². The first-order chi connectivity index (χ1) is 9.27. The second-order valence-corrected chi connectivity index (χ2v) is 4.44. The summed E-state index contributed by atoms with van der Waals surface area (Å²) in [7, 11) is 0. The summed E-state index contributed by atoms with van der Waals surface area (Å²) < 4.78 is 5.29. The fourth-order valence-corrected chi connectivity index (χ4v) is 2.07. The van der Waals surface area contributed by atoms with Crippen LogP contribution in [0.5, 0.6) is 0 Å². The van der Waals surface area contributed by atoms with Gasteiger partial charge >= 0.3 is 5.97 Å². The summed E-state index contributed by atoms with van der Waals surface area (Å²) in [6.45, 7) is 5.31. The van der Waals surface area contributed by atoms with Crippen LogP contribution in [0.4, 0.5) is 5.69 Å². The summed E-state index contributed by atoms with van der Waals surface area (Å²) in [6, 6.07) is 3.47. The van der Waals surface area contributed by atoms with E-state index in [-0.39, 0.29) is 5.69 Å². The Balaban J connectivity index is 1.74. The van der Waals surface area contributed by atoms with Gasteiger partial charge in [-0.15, -0.1) is 0 Å². The summed E-state index contributed by atoms with van der Waals surface area (Å²) in [5.41, 5.74) is 0.658. The number of carbonyl (C=O) groups is 1. The molecule has 0 saturated carbocycles. The number of carboxylic acid groups (broad SMARTS) is 1. The largest absolute Gasteiger partial charge is 0.476 e. The Hall–Kier alpha value is -1.66. The number of hydrogen-bond donors (Lipinski definition) is 2. The van der Waals surface area contributed by atoms with Gasteiger partial charge in [0, 0.05) is 25.8 Å². The second kappa shape index (κ2) is 7.06. The standard InChI is InChI=1S/C13H19N3O3/c17-13(18)12-11(3-1-4-15-12)14-5-2-6-16-7-9-19-10-8-16/h1,3-4,14H,2,5-10H2,(H,17,18). The normalized spacial score (nSPS) is 16.2. The summed E-state index contributed by atoms with van der Waals surface area (Å²) in [6.07, 6.45) is 2.45. The molecule has 6 heteroatoms. The van der Waals surface area contributed by atoms with Crippen LogP contribution in [0.1, 0.15) is 16.9 Å². The van der Waals surface area contributed by atoms with Gasteiger partial charge < -0.3 is 15.2 Å². The van der Waals surface area contributed by atoms with E-state index in [1.165, 1.54) is 6.20 Å². The summed E-state index contributed by atoms with van der Waals surface area (Å²) in [5.74, 6) is -1.00. The maximum absolute atomic E-state index is 11.0. The highest BCUT2D eigenvalue weighted by atomic mass is 16.5. The summed E-state index contributed by atoms with van der Waals surface area (Å²) in [4.78, 5) is 17.2. The lowest BCUT2D eigenvalue weighted by atomic mass is 10.2. The number of morpholine rings is 1. The summed E-state index contributed by atoms with van der Waals surface area (Å²) >= 11 is 0. The Morgan fingerprint density at radius 2 is 2.26 bits per heavy atom. The molecule has 0 spiro atoms. The van der Waals surface area contributed by atoms with Gasteiger partial charge in [0.2, 0.25) is 0 Å². The van der Waals surface area contributed by atoms with Gasteiger partial charge in [-0.05, 0) is 25.1 Å². The topological polar surface area (TPSA) is 74.7 Å². The summed E-state index contributed by atoms with van der Waals surface area (Å²) in [5, 5.41) is 12.1. The number of pyridine rings is 1. The molecule has 0 radical (unpaired) electrons. The van der Waals surface area contributed by atoms with Crippen molar-refractivity contribution in [3.8, 4) is 0 Å². The highest BCUT2D eigenvalue weighted by Crippen LogP contribution is 2.11. The van der Waals surface area contributed by atoms with Crippen molar-refractivity contribution < 1.29 is 14.6 Å². The van der Waals surface area contributed by atoms with Crippen molar-refractivity contribution in [1.82, 2.24) is 9.88 Å². The Labute approximate surface area is 112 Å². The highest BCUT2D eigenvalue weighted by molar-refractivity contribution is 5.91. The number of carboxylic acids is 1. The van der Waals surface area contributed by atoms with Gasteiger partial charge in [-0.25, -0.2) is 9.78 Å². The van der Waals surface area contributed by atoms with Crippen LogP contribution in [-0.2, 0) is 4.74 Å². The van der Waals surface area contributed by atoms with Gasteiger partial charge in [0.1, 0.15) is 0 Å². The van der Waals surface area contributed by atoms with E-state index < -0.39 is 5.97 Å². The number of aromatic carboxylic acids is 1. The molecule has 0 atom stereocenters. The lowest BCUT2D eigenvalue weighted by Crippen LogP contribution is -2.37. The lowest BCUT2D eigenvalue weighted by Gasteiger charge is -2.26. The molecule has 0 unspecified atom stereocenters. The molecule has 0 aromatic carbocycles. The third kappa shape index (κ3) is 4.18. The molecule has 2 N–H and O–H groups in total. The Morgan fingerprint density at radius 3 is 3.00 bits per heavy atom. The van der Waals surface area contributed by atoms with Crippen LogP contribution in [-0.4, -0.2) is 60.4 Å². The van der Waals surface area contributed by atoms with Crippen molar-refractivity contribution in [2.75, 3.05) is 44.7 Å². The molecular formula is C13H19N3O3. The minimum Gasteiger partial charge on any atom is -0.476 e. The van der Waals surface area contributed by atoms with Gasteiger partial charge in [0.15, 0.2) is 5.69 Å². The average molecular weight is 265 g/mol. The van der Waals surface area contributed by atoms with E-state index in [1.807, 2.05) is 0 Å². The van der Waals surface area contributed by atoms with Crippen LogP contribution >= 0.6 is 0 Å². The zero-order chi connectivity index (χ0) is 13.5. The number of nitrogens with one attached hydrogen (secondary N) is 1. The van der Waals surface area contributed by atoms with Crippen molar-refractivity contribution in [1.29, 1.82) is 0 Å². The van der Waals surface area contributed by atoms with Gasteiger partial charge in [0.05, 0.1) is 18.9 Å². The van der Waals surface area contributed by atoms with Crippen LogP contribution in [0.3, 0.4) is 0 Å². The molecule has 1 fully saturated rings. The molecule has 0 amide bonds. The Morgan fingerprint density at radius 1 is 1.47 bits per heavy atom. The fraction of sp³-hybridized carbons (Fsp3) is 0.538. The van der Waals surface area contributed by atoms with Gasteiger partial charge in [-0.1, -0.05) is 0 Å². The van der Waals surface area contributed by atoms with Gasteiger partial charge in [-0.3, -0.25) is 4.90 Å². The highest BCUT2D eigenvalue weighted by Gasteiger charge is 2.11. The molecule has 2 rings (SSSR count). The van der Waals surface area contributed by atoms with Crippen molar-refractivity contribution in [2.45, 2.75) is 6.42 Å². The quantitative estimate of drug-likeness (QED) is 0.745. The van der Waals surface area contributed by atoms with Crippen LogP contribution in [0.2, 0.25) is 0 Å². The van der Waals surface area contributed by atoms with E-state index in [4.69, 9.17) is 9.84 Å². The lowest BCUT2D eigenvalue weighted by molar-refractivity contribution is 0.0378. The average Bonchev–Trinajstić information content (AvgIpc) is 2.45. The number of aromatic nitrogens is 1. The van der Waals surface area contributed by atoms with E-state index in [2.05, 4.69) is 15.2 Å². The van der Waals surface area contributed by atoms with Crippen molar-refractivity contribution in [3.05, 3.63) is 24.0 Å². The number of hydrogen-bond acceptors (Lipinski definition) is 5. The molecule has 1 aliphatic rings. The molecule has 1 aromatic heterocycles.